The van der Waals surface area contributed by atoms with Crippen LogP contribution < -0.4 is 15.8 Å². The molecule has 0 spiro atoms. The molecule has 1 aliphatic rings. The van der Waals surface area contributed by atoms with Gasteiger partial charge in [0.15, 0.2) is 0 Å². The molecular weight excluding hydrogens is 295 g/mol. The highest BCUT2D eigenvalue weighted by Gasteiger charge is 2.25. The number of nitrogens with two attached hydrogens (primary N) is 1. The van der Waals surface area contributed by atoms with Crippen molar-refractivity contribution in [3.63, 3.8) is 0 Å². The lowest BCUT2D eigenvalue weighted by Crippen LogP contribution is -2.34. The van der Waals surface area contributed by atoms with Gasteiger partial charge in [0.1, 0.15) is 11.6 Å². The summed E-state index contributed by atoms with van der Waals surface area (Å²) in [5.41, 5.74) is 6.41. The van der Waals surface area contributed by atoms with Crippen LogP contribution in [-0.4, -0.2) is 18.6 Å². The van der Waals surface area contributed by atoms with Crippen molar-refractivity contribution in [2.75, 3.05) is 11.9 Å². The Bertz CT molecular complexity index is 485. The number of hydrogen-bond acceptors (Lipinski definition) is 3. The number of carbonyl (C=O) groups is 1. The normalized spacial score (nSPS) is 21.3. The van der Waals surface area contributed by atoms with Gasteiger partial charge in [0.05, 0.1) is 12.3 Å². The first-order valence-electron chi connectivity index (χ1n) is 7.09. The van der Waals surface area contributed by atoms with E-state index in [9.17, 15) is 9.18 Å². The Hall–Kier alpha value is -1.33. The van der Waals surface area contributed by atoms with Crippen LogP contribution in [0.15, 0.2) is 18.2 Å². The van der Waals surface area contributed by atoms with Crippen LogP contribution in [0.5, 0.6) is 5.75 Å². The summed E-state index contributed by atoms with van der Waals surface area (Å²) in [6.45, 7) is 2.23. The summed E-state index contributed by atoms with van der Waals surface area (Å²) in [6.07, 6.45) is 3.51. The maximum atomic E-state index is 13.2. The highest BCUT2D eigenvalue weighted by atomic mass is 35.5. The van der Waals surface area contributed by atoms with Gasteiger partial charge in [-0.25, -0.2) is 4.39 Å². The molecule has 1 fully saturated rings. The monoisotopic (exact) mass is 316 g/mol. The Kier molecular flexibility index (Phi) is 6.92. The van der Waals surface area contributed by atoms with E-state index in [0.29, 0.717) is 24.5 Å². The zero-order chi connectivity index (χ0) is 14.5. The summed E-state index contributed by atoms with van der Waals surface area (Å²) in [5, 5.41) is 2.83. The van der Waals surface area contributed by atoms with E-state index in [4.69, 9.17) is 10.5 Å². The second-order valence-corrected chi connectivity index (χ2v) is 5.19. The van der Waals surface area contributed by atoms with Gasteiger partial charge in [0.2, 0.25) is 5.91 Å². The molecule has 1 aromatic rings. The van der Waals surface area contributed by atoms with E-state index < -0.39 is 0 Å². The van der Waals surface area contributed by atoms with Gasteiger partial charge in [0.25, 0.3) is 0 Å². The van der Waals surface area contributed by atoms with Gasteiger partial charge < -0.3 is 15.8 Å². The van der Waals surface area contributed by atoms with Crippen LogP contribution in [0.2, 0.25) is 0 Å². The molecule has 0 aliphatic heterocycles. The van der Waals surface area contributed by atoms with Crippen LogP contribution in [0, 0.1) is 11.7 Å². The molecular formula is C15H22ClFN2O2. The second kappa shape index (κ2) is 8.20. The fourth-order valence-corrected chi connectivity index (χ4v) is 2.57. The molecule has 1 aromatic carbocycles. The first kappa shape index (κ1) is 17.7. The van der Waals surface area contributed by atoms with Crippen molar-refractivity contribution in [3.05, 3.63) is 24.0 Å². The van der Waals surface area contributed by atoms with Gasteiger partial charge in [-0.15, -0.1) is 12.4 Å². The smallest absolute Gasteiger partial charge is 0.227 e. The van der Waals surface area contributed by atoms with Gasteiger partial charge in [0, 0.05) is 18.0 Å². The van der Waals surface area contributed by atoms with Crippen molar-refractivity contribution in [1.29, 1.82) is 0 Å². The molecule has 0 saturated heterocycles. The van der Waals surface area contributed by atoms with Crippen LogP contribution in [-0.2, 0) is 4.79 Å². The van der Waals surface area contributed by atoms with Crippen LogP contribution in [0.3, 0.4) is 0 Å². The molecule has 0 heterocycles. The number of carbonyl (C=O) groups excluding carboxylic acids is 1. The summed E-state index contributed by atoms with van der Waals surface area (Å²) in [4.78, 5) is 12.2. The number of nitrogens with one attached hydrogen (secondary N) is 1. The Morgan fingerprint density at radius 2 is 2.24 bits per heavy atom. The van der Waals surface area contributed by atoms with Crippen LogP contribution in [0.4, 0.5) is 10.1 Å². The Labute approximate surface area is 130 Å². The predicted molar refractivity (Wildman–Crippen MR) is 83.4 cm³/mol. The number of anilines is 1. The summed E-state index contributed by atoms with van der Waals surface area (Å²) in [5.74, 6) is -0.155. The fourth-order valence-electron chi connectivity index (χ4n) is 2.57. The topological polar surface area (TPSA) is 64.3 Å². The Morgan fingerprint density at radius 1 is 1.48 bits per heavy atom. The van der Waals surface area contributed by atoms with Crippen molar-refractivity contribution in [3.8, 4) is 5.75 Å². The van der Waals surface area contributed by atoms with Crippen LogP contribution >= 0.6 is 12.4 Å². The number of rotatable bonds is 4. The summed E-state index contributed by atoms with van der Waals surface area (Å²) in [7, 11) is 0. The number of ether oxygens (including phenoxy) is 1. The molecule has 118 valence electrons. The lowest BCUT2D eigenvalue weighted by atomic mass is 9.85. The van der Waals surface area contributed by atoms with Crippen molar-refractivity contribution < 1.29 is 13.9 Å². The number of amides is 1. The molecule has 21 heavy (non-hydrogen) atoms. The van der Waals surface area contributed by atoms with Crippen LogP contribution in [0.25, 0.3) is 0 Å². The summed E-state index contributed by atoms with van der Waals surface area (Å²) < 4.78 is 18.6. The summed E-state index contributed by atoms with van der Waals surface area (Å²) in [6, 6.07) is 4.22. The van der Waals surface area contributed by atoms with E-state index >= 15 is 0 Å². The molecule has 0 radical (unpaired) electrons. The first-order valence-corrected chi connectivity index (χ1v) is 7.09. The Morgan fingerprint density at radius 3 is 2.90 bits per heavy atom. The Balaban J connectivity index is 0.00000220. The molecule has 2 atom stereocenters. The maximum Gasteiger partial charge on any atom is 0.227 e. The number of hydrogen-bond donors (Lipinski definition) is 2. The van der Waals surface area contributed by atoms with E-state index in [1.54, 1.807) is 0 Å². The molecule has 0 bridgehead atoms. The zero-order valence-corrected chi connectivity index (χ0v) is 12.9. The number of halogens is 2. The van der Waals surface area contributed by atoms with Gasteiger partial charge in [-0.05, 0) is 38.3 Å². The third-order valence-corrected chi connectivity index (χ3v) is 3.59. The quantitative estimate of drug-likeness (QED) is 0.897. The highest BCUT2D eigenvalue weighted by Crippen LogP contribution is 2.29. The molecule has 4 nitrogen and oxygen atoms in total. The third-order valence-electron chi connectivity index (χ3n) is 3.59. The van der Waals surface area contributed by atoms with Crippen molar-refractivity contribution >= 4 is 24.0 Å². The average Bonchev–Trinajstić information content (AvgIpc) is 2.42. The lowest BCUT2D eigenvalue weighted by Gasteiger charge is -2.26. The minimum absolute atomic E-state index is 0. The minimum Gasteiger partial charge on any atom is -0.492 e. The molecule has 1 saturated carbocycles. The minimum atomic E-state index is -0.383. The number of benzene rings is 1. The molecule has 1 amide bonds. The molecule has 3 N–H and O–H groups in total. The average molecular weight is 317 g/mol. The largest absolute Gasteiger partial charge is 0.492 e. The van der Waals surface area contributed by atoms with Gasteiger partial charge in [-0.1, -0.05) is 6.42 Å². The van der Waals surface area contributed by atoms with E-state index in [1.165, 1.54) is 18.2 Å². The maximum absolute atomic E-state index is 13.2. The lowest BCUT2D eigenvalue weighted by molar-refractivity contribution is -0.120. The molecule has 6 heteroatoms. The van der Waals surface area contributed by atoms with E-state index in [-0.39, 0.29) is 36.1 Å². The first-order chi connectivity index (χ1) is 9.60. The third kappa shape index (κ3) is 4.86. The molecule has 2 rings (SSSR count). The zero-order valence-electron chi connectivity index (χ0n) is 12.1. The van der Waals surface area contributed by atoms with E-state index in [0.717, 1.165) is 19.3 Å². The highest BCUT2D eigenvalue weighted by molar-refractivity contribution is 5.94. The van der Waals surface area contributed by atoms with E-state index in [2.05, 4.69) is 5.32 Å². The molecule has 0 aromatic heterocycles. The standard InChI is InChI=1S/C15H21FN2O2.ClH/c1-2-20-14-9-11(16)6-7-13(14)18-15(19)10-4-3-5-12(17)8-10;/h6-7,9-10,12H,2-5,8,17H2,1H3,(H,18,19);1H. The van der Waals surface area contributed by atoms with Gasteiger partial charge in [-0.3, -0.25) is 4.79 Å². The summed E-state index contributed by atoms with van der Waals surface area (Å²) >= 11 is 0. The SMILES string of the molecule is CCOc1cc(F)ccc1NC(=O)C1CCCC(N)C1.Cl. The van der Waals surface area contributed by atoms with Crippen molar-refractivity contribution in [2.45, 2.75) is 38.6 Å². The van der Waals surface area contributed by atoms with Crippen LogP contribution in [0.1, 0.15) is 32.6 Å². The van der Waals surface area contributed by atoms with Gasteiger partial charge in [-0.2, -0.15) is 0 Å². The van der Waals surface area contributed by atoms with E-state index in [1.807, 2.05) is 6.92 Å². The molecule has 2 unspecified atom stereocenters. The second-order valence-electron chi connectivity index (χ2n) is 5.19. The van der Waals surface area contributed by atoms with Crippen molar-refractivity contribution in [1.82, 2.24) is 0 Å². The van der Waals surface area contributed by atoms with Crippen molar-refractivity contribution in [2.24, 2.45) is 11.7 Å². The molecule has 1 aliphatic carbocycles. The predicted octanol–water partition coefficient (Wildman–Crippen LogP) is 3.10. The fraction of sp³-hybridized carbons (Fsp3) is 0.533. The van der Waals surface area contributed by atoms with Gasteiger partial charge >= 0.3 is 0 Å².